The van der Waals surface area contributed by atoms with Gasteiger partial charge >= 0.3 is 5.97 Å². The third-order valence-corrected chi connectivity index (χ3v) is 4.16. The first-order chi connectivity index (χ1) is 8.75. The highest BCUT2D eigenvalue weighted by Crippen LogP contribution is 2.41. The molecule has 96 valence electrons. The van der Waals surface area contributed by atoms with Crippen LogP contribution in [0.25, 0.3) is 0 Å². The first kappa shape index (κ1) is 11.7. The molecule has 3 rings (SSSR count). The van der Waals surface area contributed by atoms with Crippen molar-refractivity contribution in [1.82, 2.24) is 4.98 Å². The highest BCUT2D eigenvalue weighted by atomic mass is 16.5. The zero-order chi connectivity index (χ0) is 12.5. The molecule has 2 aliphatic rings. The number of hydrogen-bond donors (Lipinski definition) is 1. The number of aromatic nitrogens is 1. The second-order valence-corrected chi connectivity index (χ2v) is 5.17. The zero-order valence-electron chi connectivity index (χ0n) is 10.3. The number of rotatable bonds is 2. The van der Waals surface area contributed by atoms with Crippen molar-refractivity contribution in [1.29, 1.82) is 0 Å². The van der Waals surface area contributed by atoms with Crippen molar-refractivity contribution in [2.45, 2.75) is 31.6 Å². The van der Waals surface area contributed by atoms with Gasteiger partial charge in [0.1, 0.15) is 0 Å². The van der Waals surface area contributed by atoms with Crippen LogP contribution in [-0.4, -0.2) is 29.3 Å². The maximum Gasteiger partial charge on any atom is 0.337 e. The standard InChI is InChI=1S/C14H17NO3/c16-14(17)11-7-10-1-2-12(13(10)15-8-11)9-3-5-18-6-4-9/h7-9,12H,1-6H2,(H,16,17)/t12-/m0/s1. The highest BCUT2D eigenvalue weighted by molar-refractivity contribution is 5.87. The monoisotopic (exact) mass is 247 g/mol. The molecule has 0 spiro atoms. The summed E-state index contributed by atoms with van der Waals surface area (Å²) in [7, 11) is 0. The topological polar surface area (TPSA) is 59.4 Å². The Bertz CT molecular complexity index is 466. The van der Waals surface area contributed by atoms with E-state index in [1.807, 2.05) is 0 Å². The predicted molar refractivity (Wildman–Crippen MR) is 65.8 cm³/mol. The van der Waals surface area contributed by atoms with Gasteiger partial charge in [-0.25, -0.2) is 4.79 Å². The third-order valence-electron chi connectivity index (χ3n) is 4.16. The predicted octanol–water partition coefficient (Wildman–Crippen LogP) is 2.24. The van der Waals surface area contributed by atoms with Crippen LogP contribution in [-0.2, 0) is 11.2 Å². The fourth-order valence-corrected chi connectivity index (χ4v) is 3.20. The molecule has 0 aromatic carbocycles. The van der Waals surface area contributed by atoms with Crippen LogP contribution in [0, 0.1) is 5.92 Å². The van der Waals surface area contributed by atoms with E-state index in [2.05, 4.69) is 4.98 Å². The van der Waals surface area contributed by atoms with Crippen molar-refractivity contribution < 1.29 is 14.6 Å². The van der Waals surface area contributed by atoms with Gasteiger partial charge in [0, 0.05) is 31.0 Å². The molecule has 1 saturated heterocycles. The maximum atomic E-state index is 10.9. The average molecular weight is 247 g/mol. The van der Waals surface area contributed by atoms with E-state index >= 15 is 0 Å². The molecule has 1 aliphatic heterocycles. The van der Waals surface area contributed by atoms with Crippen molar-refractivity contribution in [3.8, 4) is 0 Å². The molecular formula is C14H17NO3. The normalized spacial score (nSPS) is 23.9. The van der Waals surface area contributed by atoms with Crippen LogP contribution in [0.4, 0.5) is 0 Å². The molecule has 4 heteroatoms. The lowest BCUT2D eigenvalue weighted by Crippen LogP contribution is -2.21. The van der Waals surface area contributed by atoms with Crippen LogP contribution >= 0.6 is 0 Å². The summed E-state index contributed by atoms with van der Waals surface area (Å²) >= 11 is 0. The summed E-state index contributed by atoms with van der Waals surface area (Å²) in [5.41, 5.74) is 2.57. The van der Waals surface area contributed by atoms with Crippen LogP contribution in [0.1, 0.15) is 46.8 Å². The van der Waals surface area contributed by atoms with Crippen molar-refractivity contribution in [2.24, 2.45) is 5.92 Å². The molecule has 4 nitrogen and oxygen atoms in total. The molecule has 1 N–H and O–H groups in total. The summed E-state index contributed by atoms with van der Waals surface area (Å²) in [5, 5.41) is 8.97. The molecule has 1 aromatic heterocycles. The Morgan fingerprint density at radius 3 is 2.83 bits per heavy atom. The molecule has 1 atom stereocenters. The summed E-state index contributed by atoms with van der Waals surface area (Å²) in [5.74, 6) is 0.273. The van der Waals surface area contributed by atoms with Gasteiger partial charge in [-0.2, -0.15) is 0 Å². The summed E-state index contributed by atoms with van der Waals surface area (Å²) in [6, 6.07) is 1.80. The minimum Gasteiger partial charge on any atom is -0.478 e. The number of hydrogen-bond acceptors (Lipinski definition) is 3. The van der Waals surface area contributed by atoms with Gasteiger partial charge in [-0.15, -0.1) is 0 Å². The first-order valence-corrected chi connectivity index (χ1v) is 6.55. The second kappa shape index (κ2) is 4.69. The SMILES string of the molecule is O=C(O)c1cnc2c(c1)CC[C@H]2C1CCOCC1. The minimum absolute atomic E-state index is 0.307. The highest BCUT2D eigenvalue weighted by Gasteiger charge is 2.32. The van der Waals surface area contributed by atoms with Gasteiger partial charge in [-0.1, -0.05) is 0 Å². The lowest BCUT2D eigenvalue weighted by Gasteiger charge is -2.27. The fraction of sp³-hybridized carbons (Fsp3) is 0.571. The molecule has 0 radical (unpaired) electrons. The molecule has 2 heterocycles. The number of carbonyl (C=O) groups is 1. The fourth-order valence-electron chi connectivity index (χ4n) is 3.20. The number of carboxylic acids is 1. The van der Waals surface area contributed by atoms with E-state index in [0.717, 1.165) is 50.2 Å². The molecule has 1 aromatic rings. The van der Waals surface area contributed by atoms with E-state index in [1.54, 1.807) is 6.07 Å². The molecule has 1 fully saturated rings. The third kappa shape index (κ3) is 2.01. The number of carboxylic acid groups (broad SMARTS) is 1. The summed E-state index contributed by atoms with van der Waals surface area (Å²) in [6.07, 6.45) is 5.78. The summed E-state index contributed by atoms with van der Waals surface area (Å²) < 4.78 is 5.40. The van der Waals surface area contributed by atoms with Crippen LogP contribution < -0.4 is 0 Å². The number of pyridine rings is 1. The van der Waals surface area contributed by atoms with E-state index in [9.17, 15) is 4.79 Å². The van der Waals surface area contributed by atoms with Gasteiger partial charge in [0.15, 0.2) is 0 Å². The summed E-state index contributed by atoms with van der Waals surface area (Å²) in [6.45, 7) is 1.70. The number of nitrogens with zero attached hydrogens (tertiary/aromatic N) is 1. The van der Waals surface area contributed by atoms with Gasteiger partial charge < -0.3 is 9.84 Å². The van der Waals surface area contributed by atoms with Gasteiger partial charge in [-0.3, -0.25) is 4.98 Å². The smallest absolute Gasteiger partial charge is 0.337 e. The maximum absolute atomic E-state index is 10.9. The first-order valence-electron chi connectivity index (χ1n) is 6.55. The van der Waals surface area contributed by atoms with Gasteiger partial charge in [0.25, 0.3) is 0 Å². The Morgan fingerprint density at radius 1 is 1.33 bits per heavy atom. The van der Waals surface area contributed by atoms with Gasteiger partial charge in [-0.05, 0) is 43.2 Å². The molecule has 0 unspecified atom stereocenters. The van der Waals surface area contributed by atoms with Gasteiger partial charge in [0.05, 0.1) is 5.56 Å². The van der Waals surface area contributed by atoms with E-state index in [1.165, 1.54) is 6.20 Å². The Labute approximate surface area is 106 Å². The Hall–Kier alpha value is -1.42. The number of aromatic carboxylic acids is 1. The van der Waals surface area contributed by atoms with Crippen LogP contribution in [0.3, 0.4) is 0 Å². The van der Waals surface area contributed by atoms with E-state index in [-0.39, 0.29) is 0 Å². The van der Waals surface area contributed by atoms with Crippen molar-refractivity contribution in [3.05, 3.63) is 29.1 Å². The molecule has 0 saturated carbocycles. The van der Waals surface area contributed by atoms with Crippen LogP contribution in [0.5, 0.6) is 0 Å². The Morgan fingerprint density at radius 2 is 2.11 bits per heavy atom. The van der Waals surface area contributed by atoms with Crippen molar-refractivity contribution in [2.75, 3.05) is 13.2 Å². The lowest BCUT2D eigenvalue weighted by atomic mass is 9.84. The lowest BCUT2D eigenvalue weighted by molar-refractivity contribution is 0.0575. The second-order valence-electron chi connectivity index (χ2n) is 5.17. The van der Waals surface area contributed by atoms with E-state index in [0.29, 0.717) is 17.4 Å². The van der Waals surface area contributed by atoms with Crippen molar-refractivity contribution >= 4 is 5.97 Å². The molecule has 18 heavy (non-hydrogen) atoms. The zero-order valence-corrected chi connectivity index (χ0v) is 10.3. The molecule has 0 bridgehead atoms. The largest absolute Gasteiger partial charge is 0.478 e. The molecular weight excluding hydrogens is 230 g/mol. The Balaban J connectivity index is 1.85. The van der Waals surface area contributed by atoms with Crippen molar-refractivity contribution in [3.63, 3.8) is 0 Å². The van der Waals surface area contributed by atoms with E-state index < -0.39 is 5.97 Å². The number of ether oxygens (including phenoxy) is 1. The average Bonchev–Trinajstić information content (AvgIpc) is 2.82. The van der Waals surface area contributed by atoms with Gasteiger partial charge in [0.2, 0.25) is 0 Å². The minimum atomic E-state index is -0.889. The molecule has 0 amide bonds. The van der Waals surface area contributed by atoms with Crippen LogP contribution in [0.2, 0.25) is 0 Å². The number of aryl methyl sites for hydroxylation is 1. The van der Waals surface area contributed by atoms with E-state index in [4.69, 9.17) is 9.84 Å². The quantitative estimate of drug-likeness (QED) is 0.870. The Kier molecular flexibility index (Phi) is 3.04. The molecule has 1 aliphatic carbocycles. The van der Waals surface area contributed by atoms with Crippen LogP contribution in [0.15, 0.2) is 12.3 Å². The summed E-state index contributed by atoms with van der Waals surface area (Å²) in [4.78, 5) is 15.3. The number of fused-ring (bicyclic) bond motifs is 1.